The lowest BCUT2D eigenvalue weighted by Crippen LogP contribution is -2.30. The van der Waals surface area contributed by atoms with E-state index in [1.54, 1.807) is 13.0 Å². The molecular weight excluding hydrogens is 321 g/mol. The fourth-order valence-corrected chi connectivity index (χ4v) is 4.93. The minimum atomic E-state index is -3.49. The van der Waals surface area contributed by atoms with E-state index in [9.17, 15) is 17.6 Å². The third-order valence-electron chi connectivity index (χ3n) is 4.45. The van der Waals surface area contributed by atoms with Crippen molar-refractivity contribution in [2.45, 2.75) is 32.2 Å². The van der Waals surface area contributed by atoms with Crippen LogP contribution in [0, 0.1) is 17.7 Å². The van der Waals surface area contributed by atoms with E-state index in [0.29, 0.717) is 25.9 Å². The van der Waals surface area contributed by atoms with E-state index in [1.807, 2.05) is 0 Å². The molecule has 1 N–H and O–H groups in total. The zero-order chi connectivity index (χ0) is 16.6. The number of hydrogen-bond donors (Lipinski definition) is 1. The Labute approximate surface area is 135 Å². The Morgan fingerprint density at radius 2 is 2.22 bits per heavy atom. The predicted molar refractivity (Wildman–Crippen MR) is 82.6 cm³/mol. The summed E-state index contributed by atoms with van der Waals surface area (Å²) in [4.78, 5) is 11.6. The number of carbonyl (C=O) groups excluding carboxylic acids is 1. The smallest absolute Gasteiger partial charge is 0.309 e. The lowest BCUT2D eigenvalue weighted by atomic mass is 10.1. The normalized spacial score (nSPS) is 25.9. The number of benzene rings is 1. The van der Waals surface area contributed by atoms with E-state index in [-0.39, 0.29) is 35.4 Å². The second-order valence-corrected chi connectivity index (χ2v) is 7.99. The molecule has 126 valence electrons. The summed E-state index contributed by atoms with van der Waals surface area (Å²) in [5.74, 6) is -1.14. The summed E-state index contributed by atoms with van der Waals surface area (Å²) in [6.07, 6.45) is 1.85. The highest BCUT2D eigenvalue weighted by atomic mass is 32.2. The summed E-state index contributed by atoms with van der Waals surface area (Å²) in [5.41, 5.74) is 1.70. The van der Waals surface area contributed by atoms with Crippen molar-refractivity contribution in [1.29, 1.82) is 0 Å². The molecule has 1 unspecified atom stereocenters. The average Bonchev–Trinajstić information content (AvgIpc) is 3.12. The Morgan fingerprint density at radius 1 is 1.43 bits per heavy atom. The SMILES string of the molecule is CCOC(=O)[C@@H]1C[C@H]1CS(=O)(=O)NC1CCc2cc(F)ccc21. The van der Waals surface area contributed by atoms with E-state index in [1.165, 1.54) is 12.1 Å². The Kier molecular flexibility index (Phi) is 4.42. The maximum Gasteiger partial charge on any atom is 0.309 e. The molecule has 0 aliphatic heterocycles. The van der Waals surface area contributed by atoms with Crippen molar-refractivity contribution in [3.63, 3.8) is 0 Å². The fraction of sp³-hybridized carbons (Fsp3) is 0.562. The Bertz CT molecular complexity index is 719. The molecule has 3 atom stereocenters. The molecule has 23 heavy (non-hydrogen) atoms. The molecule has 0 spiro atoms. The Balaban J connectivity index is 1.60. The van der Waals surface area contributed by atoms with Gasteiger partial charge in [0, 0.05) is 6.04 Å². The van der Waals surface area contributed by atoms with Crippen molar-refractivity contribution >= 4 is 16.0 Å². The first-order valence-corrected chi connectivity index (χ1v) is 9.50. The van der Waals surface area contributed by atoms with Crippen LogP contribution in [0.5, 0.6) is 0 Å². The summed E-state index contributed by atoms with van der Waals surface area (Å²) in [6.45, 7) is 2.04. The molecule has 0 radical (unpaired) electrons. The molecule has 1 saturated carbocycles. The van der Waals surface area contributed by atoms with Crippen molar-refractivity contribution < 1.29 is 22.3 Å². The van der Waals surface area contributed by atoms with Crippen LogP contribution < -0.4 is 4.72 Å². The van der Waals surface area contributed by atoms with Crippen molar-refractivity contribution in [2.24, 2.45) is 11.8 Å². The van der Waals surface area contributed by atoms with Crippen LogP contribution >= 0.6 is 0 Å². The molecule has 2 aliphatic carbocycles. The van der Waals surface area contributed by atoms with Gasteiger partial charge < -0.3 is 4.74 Å². The van der Waals surface area contributed by atoms with Gasteiger partial charge in [-0.1, -0.05) is 6.07 Å². The van der Waals surface area contributed by atoms with E-state index in [0.717, 1.165) is 11.1 Å². The van der Waals surface area contributed by atoms with E-state index in [4.69, 9.17) is 4.74 Å². The number of sulfonamides is 1. The lowest BCUT2D eigenvalue weighted by molar-refractivity contribution is -0.144. The van der Waals surface area contributed by atoms with Crippen molar-refractivity contribution in [3.8, 4) is 0 Å². The molecule has 0 bridgehead atoms. The van der Waals surface area contributed by atoms with Crippen LogP contribution in [0.3, 0.4) is 0 Å². The standard InChI is InChI=1S/C16H20FNO4S/c1-2-22-16(19)14-8-11(14)9-23(20,21)18-15-6-3-10-7-12(17)4-5-13(10)15/h4-5,7,11,14-15,18H,2-3,6,8-9H2,1H3/t11-,14+,15?/m0/s1. The van der Waals surface area contributed by atoms with Crippen LogP contribution in [0.1, 0.15) is 36.9 Å². The molecule has 1 fully saturated rings. The molecule has 0 heterocycles. The van der Waals surface area contributed by atoms with Gasteiger partial charge in [-0.25, -0.2) is 17.5 Å². The van der Waals surface area contributed by atoms with Gasteiger partial charge in [0.15, 0.2) is 0 Å². The average molecular weight is 341 g/mol. The summed E-state index contributed by atoms with van der Waals surface area (Å²) in [7, 11) is -3.49. The number of carbonyl (C=O) groups is 1. The second kappa shape index (κ2) is 6.20. The first-order chi connectivity index (χ1) is 10.9. The molecule has 0 amide bonds. The number of halogens is 1. The highest BCUT2D eigenvalue weighted by molar-refractivity contribution is 7.89. The van der Waals surface area contributed by atoms with Gasteiger partial charge in [-0.05, 0) is 55.4 Å². The minimum absolute atomic E-state index is 0.0660. The quantitative estimate of drug-likeness (QED) is 0.803. The van der Waals surface area contributed by atoms with Crippen molar-refractivity contribution in [2.75, 3.05) is 12.4 Å². The van der Waals surface area contributed by atoms with Crippen LogP contribution in [0.25, 0.3) is 0 Å². The van der Waals surface area contributed by atoms with Crippen molar-refractivity contribution in [1.82, 2.24) is 4.72 Å². The third kappa shape index (κ3) is 3.72. The van der Waals surface area contributed by atoms with Gasteiger partial charge in [-0.3, -0.25) is 4.79 Å². The van der Waals surface area contributed by atoms with Gasteiger partial charge in [0.2, 0.25) is 10.0 Å². The van der Waals surface area contributed by atoms with Crippen molar-refractivity contribution in [3.05, 3.63) is 35.1 Å². The molecule has 5 nitrogen and oxygen atoms in total. The van der Waals surface area contributed by atoms with Gasteiger partial charge in [0.25, 0.3) is 0 Å². The summed E-state index contributed by atoms with van der Waals surface area (Å²) in [6, 6.07) is 4.14. The number of fused-ring (bicyclic) bond motifs is 1. The molecule has 2 aliphatic rings. The molecule has 0 aromatic heterocycles. The fourth-order valence-electron chi connectivity index (χ4n) is 3.22. The molecule has 1 aromatic carbocycles. The number of rotatable bonds is 6. The predicted octanol–water partition coefficient (Wildman–Crippen LogP) is 1.93. The second-order valence-electron chi connectivity index (χ2n) is 6.19. The number of aryl methyl sites for hydroxylation is 1. The first-order valence-electron chi connectivity index (χ1n) is 7.84. The minimum Gasteiger partial charge on any atom is -0.466 e. The maximum absolute atomic E-state index is 13.2. The van der Waals surface area contributed by atoms with Crippen LogP contribution in [-0.4, -0.2) is 26.7 Å². The first kappa shape index (κ1) is 16.4. The van der Waals surface area contributed by atoms with Gasteiger partial charge >= 0.3 is 5.97 Å². The Hall–Kier alpha value is -1.47. The van der Waals surface area contributed by atoms with E-state index in [2.05, 4.69) is 4.72 Å². The van der Waals surface area contributed by atoms with E-state index < -0.39 is 10.0 Å². The number of nitrogens with one attached hydrogen (secondary N) is 1. The zero-order valence-electron chi connectivity index (χ0n) is 12.9. The van der Waals surface area contributed by atoms with Gasteiger partial charge in [0.1, 0.15) is 5.82 Å². The maximum atomic E-state index is 13.2. The molecule has 3 rings (SSSR count). The zero-order valence-corrected chi connectivity index (χ0v) is 13.7. The summed E-state index contributed by atoms with van der Waals surface area (Å²) in [5, 5.41) is 0. The molecule has 7 heteroatoms. The molecule has 0 saturated heterocycles. The van der Waals surface area contributed by atoms with Crippen LogP contribution in [-0.2, 0) is 26.0 Å². The topological polar surface area (TPSA) is 72.5 Å². The van der Waals surface area contributed by atoms with Crippen LogP contribution in [0.15, 0.2) is 18.2 Å². The third-order valence-corrected chi connectivity index (χ3v) is 5.96. The summed E-state index contributed by atoms with van der Waals surface area (Å²) >= 11 is 0. The highest BCUT2D eigenvalue weighted by Crippen LogP contribution is 2.41. The number of ether oxygens (including phenoxy) is 1. The van der Waals surface area contributed by atoms with Crippen LogP contribution in [0.4, 0.5) is 4.39 Å². The molecular formula is C16H20FNO4S. The lowest BCUT2D eigenvalue weighted by Gasteiger charge is -2.14. The largest absolute Gasteiger partial charge is 0.466 e. The number of hydrogen-bond acceptors (Lipinski definition) is 4. The Morgan fingerprint density at radius 3 is 2.96 bits per heavy atom. The van der Waals surface area contributed by atoms with Crippen LogP contribution in [0.2, 0.25) is 0 Å². The molecule has 1 aromatic rings. The summed E-state index contributed by atoms with van der Waals surface area (Å²) < 4.78 is 45.4. The van der Waals surface area contributed by atoms with Gasteiger partial charge in [-0.15, -0.1) is 0 Å². The van der Waals surface area contributed by atoms with Gasteiger partial charge in [-0.2, -0.15) is 0 Å². The van der Waals surface area contributed by atoms with Gasteiger partial charge in [0.05, 0.1) is 18.3 Å². The van der Waals surface area contributed by atoms with E-state index >= 15 is 0 Å². The highest BCUT2D eigenvalue weighted by Gasteiger charge is 2.46. The monoisotopic (exact) mass is 341 g/mol. The number of esters is 1.